The Balaban J connectivity index is 2.37. The third-order valence-corrected chi connectivity index (χ3v) is 2.50. The largest absolute Gasteiger partial charge is 0.506 e. The zero-order valence-electron chi connectivity index (χ0n) is 9.73. The maximum absolute atomic E-state index is 11.7. The highest BCUT2D eigenvalue weighted by Gasteiger charge is 2.13. The molecule has 5 heteroatoms. The average Bonchev–Trinajstić information content (AvgIpc) is 2.37. The number of fused-ring (bicyclic) bond motifs is 1. The van der Waals surface area contributed by atoms with Crippen molar-refractivity contribution in [2.24, 2.45) is 0 Å². The van der Waals surface area contributed by atoms with E-state index in [9.17, 15) is 14.7 Å². The standard InChI is InChI=1S/C13H12N2O3/c1-8(16)14-15-13(18)11-7-6-9-4-2-3-5-10(9)12(11)17/h2-7,17H,1H3,(H,14,16)(H,15,18). The van der Waals surface area contributed by atoms with E-state index in [0.717, 1.165) is 5.39 Å². The van der Waals surface area contributed by atoms with E-state index < -0.39 is 5.91 Å². The van der Waals surface area contributed by atoms with Crippen LogP contribution in [0.25, 0.3) is 10.8 Å². The molecule has 2 amide bonds. The molecule has 0 aromatic heterocycles. The summed E-state index contributed by atoms with van der Waals surface area (Å²) in [6.45, 7) is 1.28. The quantitative estimate of drug-likeness (QED) is 0.662. The molecule has 0 bridgehead atoms. The lowest BCUT2D eigenvalue weighted by Gasteiger charge is -2.08. The molecule has 92 valence electrons. The second-order valence-corrected chi connectivity index (χ2v) is 3.82. The number of amides is 2. The molecule has 0 aliphatic rings. The predicted molar refractivity (Wildman–Crippen MR) is 66.9 cm³/mol. The fourth-order valence-electron chi connectivity index (χ4n) is 1.65. The van der Waals surface area contributed by atoms with Crippen molar-refractivity contribution in [3.63, 3.8) is 0 Å². The van der Waals surface area contributed by atoms with Gasteiger partial charge in [0.15, 0.2) is 0 Å². The minimum absolute atomic E-state index is 0.101. The molecule has 2 aromatic rings. The molecule has 5 nitrogen and oxygen atoms in total. The van der Waals surface area contributed by atoms with E-state index in [1.165, 1.54) is 13.0 Å². The van der Waals surface area contributed by atoms with Gasteiger partial charge in [0.25, 0.3) is 5.91 Å². The van der Waals surface area contributed by atoms with Gasteiger partial charge in [-0.1, -0.05) is 30.3 Å². The Morgan fingerprint density at radius 2 is 1.78 bits per heavy atom. The topological polar surface area (TPSA) is 78.4 Å². The highest BCUT2D eigenvalue weighted by atomic mass is 16.3. The van der Waals surface area contributed by atoms with Crippen LogP contribution in [0.5, 0.6) is 5.75 Å². The van der Waals surface area contributed by atoms with Gasteiger partial charge in [-0.25, -0.2) is 0 Å². The van der Waals surface area contributed by atoms with Gasteiger partial charge in [0.1, 0.15) is 5.75 Å². The second kappa shape index (κ2) is 4.75. The van der Waals surface area contributed by atoms with Crippen LogP contribution in [0.2, 0.25) is 0 Å². The van der Waals surface area contributed by atoms with E-state index in [1.54, 1.807) is 18.2 Å². The molecule has 3 N–H and O–H groups in total. The number of nitrogens with one attached hydrogen (secondary N) is 2. The van der Waals surface area contributed by atoms with E-state index in [-0.39, 0.29) is 17.2 Å². The minimum atomic E-state index is -0.562. The molecule has 0 atom stereocenters. The lowest BCUT2D eigenvalue weighted by molar-refractivity contribution is -0.119. The maximum atomic E-state index is 11.7. The molecule has 2 rings (SSSR count). The van der Waals surface area contributed by atoms with Crippen LogP contribution >= 0.6 is 0 Å². The fourth-order valence-corrected chi connectivity index (χ4v) is 1.65. The van der Waals surface area contributed by atoms with Crippen molar-refractivity contribution in [1.29, 1.82) is 0 Å². The van der Waals surface area contributed by atoms with Crippen LogP contribution in [-0.2, 0) is 4.79 Å². The lowest BCUT2D eigenvalue weighted by atomic mass is 10.1. The summed E-state index contributed by atoms with van der Waals surface area (Å²) < 4.78 is 0. The Bertz CT molecular complexity index is 623. The summed E-state index contributed by atoms with van der Waals surface area (Å²) >= 11 is 0. The number of hydrazine groups is 1. The van der Waals surface area contributed by atoms with Crippen molar-refractivity contribution in [2.45, 2.75) is 6.92 Å². The first-order valence-corrected chi connectivity index (χ1v) is 5.37. The molecular formula is C13H12N2O3. The Hall–Kier alpha value is -2.56. The number of aromatic hydroxyl groups is 1. The Morgan fingerprint density at radius 3 is 2.50 bits per heavy atom. The summed E-state index contributed by atoms with van der Waals surface area (Å²) in [4.78, 5) is 22.4. The van der Waals surface area contributed by atoms with Crippen LogP contribution < -0.4 is 10.9 Å². The zero-order valence-corrected chi connectivity index (χ0v) is 9.73. The molecular weight excluding hydrogens is 232 g/mol. The van der Waals surface area contributed by atoms with E-state index in [1.807, 2.05) is 12.1 Å². The van der Waals surface area contributed by atoms with Gasteiger partial charge in [0.05, 0.1) is 5.56 Å². The van der Waals surface area contributed by atoms with Gasteiger partial charge in [-0.2, -0.15) is 0 Å². The van der Waals surface area contributed by atoms with E-state index in [0.29, 0.717) is 5.39 Å². The van der Waals surface area contributed by atoms with Crippen molar-refractivity contribution in [1.82, 2.24) is 10.9 Å². The van der Waals surface area contributed by atoms with Crippen molar-refractivity contribution in [3.05, 3.63) is 42.0 Å². The first-order chi connectivity index (χ1) is 8.59. The van der Waals surface area contributed by atoms with Gasteiger partial charge in [0.2, 0.25) is 5.91 Å². The molecule has 0 spiro atoms. The number of hydrogen-bond donors (Lipinski definition) is 3. The Labute approximate surface area is 103 Å². The van der Waals surface area contributed by atoms with E-state index in [4.69, 9.17) is 0 Å². The molecule has 0 saturated heterocycles. The molecule has 0 unspecified atom stereocenters. The lowest BCUT2D eigenvalue weighted by Crippen LogP contribution is -2.40. The highest BCUT2D eigenvalue weighted by molar-refractivity contribution is 6.03. The smallest absolute Gasteiger partial charge is 0.273 e. The molecule has 2 aromatic carbocycles. The summed E-state index contributed by atoms with van der Waals surface area (Å²) in [7, 11) is 0. The molecule has 0 aliphatic carbocycles. The molecule has 0 radical (unpaired) electrons. The van der Waals surface area contributed by atoms with E-state index >= 15 is 0 Å². The van der Waals surface area contributed by atoms with Crippen molar-refractivity contribution in [2.75, 3.05) is 0 Å². The van der Waals surface area contributed by atoms with Gasteiger partial charge in [-0.05, 0) is 11.5 Å². The number of carbonyl (C=O) groups is 2. The number of phenolic OH excluding ortho intramolecular Hbond substituents is 1. The summed E-state index contributed by atoms with van der Waals surface area (Å²) in [6.07, 6.45) is 0. The van der Waals surface area contributed by atoms with Crippen molar-refractivity contribution in [3.8, 4) is 5.75 Å². The SMILES string of the molecule is CC(=O)NNC(=O)c1ccc2ccccc2c1O. The highest BCUT2D eigenvalue weighted by Crippen LogP contribution is 2.28. The van der Waals surface area contributed by atoms with Gasteiger partial charge >= 0.3 is 0 Å². The maximum Gasteiger partial charge on any atom is 0.273 e. The van der Waals surface area contributed by atoms with Crippen LogP contribution in [0.3, 0.4) is 0 Å². The normalized spacial score (nSPS) is 10.1. The molecule has 0 fully saturated rings. The summed E-state index contributed by atoms with van der Waals surface area (Å²) in [5.74, 6) is -1.05. The van der Waals surface area contributed by atoms with Crippen LogP contribution in [0.15, 0.2) is 36.4 Å². The van der Waals surface area contributed by atoms with Gasteiger partial charge in [-0.3, -0.25) is 20.4 Å². The molecule has 0 aliphatic heterocycles. The summed E-state index contributed by atoms with van der Waals surface area (Å²) in [6, 6.07) is 10.4. The zero-order chi connectivity index (χ0) is 13.1. The molecule has 18 heavy (non-hydrogen) atoms. The van der Waals surface area contributed by atoms with Crippen LogP contribution in [0.4, 0.5) is 0 Å². The van der Waals surface area contributed by atoms with Crippen molar-refractivity contribution < 1.29 is 14.7 Å². The first kappa shape index (κ1) is 11.9. The van der Waals surface area contributed by atoms with Crippen LogP contribution in [-0.4, -0.2) is 16.9 Å². The van der Waals surface area contributed by atoms with Crippen LogP contribution in [0.1, 0.15) is 17.3 Å². The number of rotatable bonds is 1. The first-order valence-electron chi connectivity index (χ1n) is 5.37. The number of hydrogen-bond acceptors (Lipinski definition) is 3. The summed E-state index contributed by atoms with van der Waals surface area (Å²) in [5, 5.41) is 11.4. The molecule has 0 saturated carbocycles. The number of benzene rings is 2. The van der Waals surface area contributed by atoms with Crippen molar-refractivity contribution >= 4 is 22.6 Å². The fraction of sp³-hybridized carbons (Fsp3) is 0.0769. The second-order valence-electron chi connectivity index (χ2n) is 3.82. The molecule has 0 heterocycles. The number of carbonyl (C=O) groups excluding carboxylic acids is 2. The van der Waals surface area contributed by atoms with Crippen LogP contribution in [0, 0.1) is 0 Å². The third kappa shape index (κ3) is 2.24. The predicted octanol–water partition coefficient (Wildman–Crippen LogP) is 1.33. The van der Waals surface area contributed by atoms with Gasteiger partial charge < -0.3 is 5.11 Å². The van der Waals surface area contributed by atoms with Gasteiger partial charge in [0, 0.05) is 12.3 Å². The number of phenols is 1. The Kier molecular flexibility index (Phi) is 3.14. The van der Waals surface area contributed by atoms with E-state index in [2.05, 4.69) is 10.9 Å². The monoisotopic (exact) mass is 244 g/mol. The van der Waals surface area contributed by atoms with Gasteiger partial charge in [-0.15, -0.1) is 0 Å². The minimum Gasteiger partial charge on any atom is -0.506 e. The average molecular weight is 244 g/mol. The third-order valence-electron chi connectivity index (χ3n) is 2.50. The Morgan fingerprint density at radius 1 is 1.06 bits per heavy atom. The summed E-state index contributed by atoms with van der Waals surface area (Å²) in [5.41, 5.74) is 4.49.